The first-order valence-corrected chi connectivity index (χ1v) is 5.54. The first-order valence-electron chi connectivity index (χ1n) is 5.54. The van der Waals surface area contributed by atoms with E-state index in [2.05, 4.69) is 10.4 Å². The van der Waals surface area contributed by atoms with Crippen LogP contribution in [0.3, 0.4) is 0 Å². The molecular weight excluding hydrogens is 222 g/mol. The molecule has 0 atom stereocenters. The molecule has 0 amide bonds. The molecule has 0 unspecified atom stereocenters. The van der Waals surface area contributed by atoms with Gasteiger partial charge in [0.15, 0.2) is 5.69 Å². The first kappa shape index (κ1) is 13.3. The fourth-order valence-corrected chi connectivity index (χ4v) is 1.46. The van der Waals surface area contributed by atoms with E-state index in [1.165, 1.54) is 4.57 Å². The Balaban J connectivity index is 3.23. The molecule has 0 saturated carbocycles. The van der Waals surface area contributed by atoms with Crippen LogP contribution in [0.15, 0.2) is 9.59 Å². The van der Waals surface area contributed by atoms with Crippen molar-refractivity contribution in [1.29, 1.82) is 0 Å². The van der Waals surface area contributed by atoms with Gasteiger partial charge in [-0.1, -0.05) is 13.3 Å². The highest BCUT2D eigenvalue weighted by atomic mass is 16.2. The maximum atomic E-state index is 11.6. The topological polar surface area (TPSA) is 96.2 Å². The third-order valence-corrected chi connectivity index (χ3v) is 2.31. The molecule has 0 fully saturated rings. The number of H-pyrrole nitrogens is 1. The average molecular weight is 241 g/mol. The number of nitrogen functional groups attached to an aromatic ring is 1. The van der Waals surface area contributed by atoms with E-state index in [-0.39, 0.29) is 11.5 Å². The van der Waals surface area contributed by atoms with Gasteiger partial charge in [0, 0.05) is 20.6 Å². The molecule has 4 N–H and O–H groups in total. The number of nitrogens with one attached hydrogen (secondary N) is 2. The summed E-state index contributed by atoms with van der Waals surface area (Å²) >= 11 is 0. The first-order chi connectivity index (χ1) is 7.97. The van der Waals surface area contributed by atoms with Crippen LogP contribution in [0.2, 0.25) is 0 Å². The molecular formula is C10H19N5O2. The molecule has 1 aromatic heterocycles. The Morgan fingerprint density at radius 3 is 2.59 bits per heavy atom. The van der Waals surface area contributed by atoms with Gasteiger partial charge in [0.2, 0.25) is 0 Å². The Morgan fingerprint density at radius 1 is 1.41 bits per heavy atom. The summed E-state index contributed by atoms with van der Waals surface area (Å²) in [4.78, 5) is 25.4. The number of hydrogen-bond donors (Lipinski definition) is 3. The molecule has 96 valence electrons. The summed E-state index contributed by atoms with van der Waals surface area (Å²) in [6, 6.07) is 0. The van der Waals surface area contributed by atoms with Crippen LogP contribution < -0.4 is 22.4 Å². The lowest BCUT2D eigenvalue weighted by Crippen LogP contribution is -2.36. The van der Waals surface area contributed by atoms with Crippen LogP contribution in [0.1, 0.15) is 19.8 Å². The Bertz CT molecular complexity index is 488. The number of anilines is 2. The predicted molar refractivity (Wildman–Crippen MR) is 68.0 cm³/mol. The molecule has 1 aromatic rings. The maximum absolute atomic E-state index is 11.6. The zero-order chi connectivity index (χ0) is 13.0. The van der Waals surface area contributed by atoms with E-state index in [1.54, 1.807) is 19.1 Å². The molecule has 0 aromatic carbocycles. The van der Waals surface area contributed by atoms with E-state index in [9.17, 15) is 9.59 Å². The van der Waals surface area contributed by atoms with Crippen molar-refractivity contribution < 1.29 is 0 Å². The molecule has 1 heterocycles. The summed E-state index contributed by atoms with van der Waals surface area (Å²) in [5.41, 5.74) is 7.84. The van der Waals surface area contributed by atoms with Gasteiger partial charge in [-0.2, -0.15) is 0 Å². The second-order valence-electron chi connectivity index (χ2n) is 4.03. The van der Waals surface area contributed by atoms with Crippen LogP contribution in [-0.2, 0) is 6.54 Å². The van der Waals surface area contributed by atoms with Crippen molar-refractivity contribution >= 4 is 11.5 Å². The van der Waals surface area contributed by atoms with Gasteiger partial charge < -0.3 is 11.2 Å². The molecule has 7 heteroatoms. The van der Waals surface area contributed by atoms with Crippen molar-refractivity contribution in [3.8, 4) is 0 Å². The van der Waals surface area contributed by atoms with Gasteiger partial charge in [-0.25, -0.2) is 9.80 Å². The molecule has 0 saturated heterocycles. The second-order valence-corrected chi connectivity index (χ2v) is 4.03. The Hall–Kier alpha value is -1.76. The summed E-state index contributed by atoms with van der Waals surface area (Å²) < 4.78 is 1.37. The van der Waals surface area contributed by atoms with E-state index in [0.29, 0.717) is 6.54 Å². The van der Waals surface area contributed by atoms with Crippen molar-refractivity contribution in [2.24, 2.45) is 0 Å². The Kier molecular flexibility index (Phi) is 4.33. The average Bonchev–Trinajstić information content (AvgIpc) is 2.23. The summed E-state index contributed by atoms with van der Waals surface area (Å²) in [5, 5.41) is 1.59. The molecule has 17 heavy (non-hydrogen) atoms. The van der Waals surface area contributed by atoms with Crippen LogP contribution in [0, 0.1) is 0 Å². The van der Waals surface area contributed by atoms with Crippen molar-refractivity contribution in [2.75, 3.05) is 25.3 Å². The minimum Gasteiger partial charge on any atom is -0.383 e. The van der Waals surface area contributed by atoms with Crippen LogP contribution in [-0.4, -0.2) is 28.7 Å². The number of hydrazine groups is 1. The van der Waals surface area contributed by atoms with E-state index in [0.717, 1.165) is 12.8 Å². The number of unbranched alkanes of at least 4 members (excludes halogenated alkanes) is 1. The van der Waals surface area contributed by atoms with Crippen molar-refractivity contribution in [3.63, 3.8) is 0 Å². The molecule has 0 aliphatic heterocycles. The zero-order valence-electron chi connectivity index (χ0n) is 10.4. The quantitative estimate of drug-likeness (QED) is 0.621. The van der Waals surface area contributed by atoms with Gasteiger partial charge in [0.05, 0.1) is 0 Å². The molecule has 1 rings (SSSR count). The Morgan fingerprint density at radius 2 is 2.06 bits per heavy atom. The maximum Gasteiger partial charge on any atom is 0.330 e. The third-order valence-electron chi connectivity index (χ3n) is 2.31. The number of aromatic nitrogens is 2. The highest BCUT2D eigenvalue weighted by Crippen LogP contribution is 2.10. The fourth-order valence-electron chi connectivity index (χ4n) is 1.46. The van der Waals surface area contributed by atoms with Gasteiger partial charge in [0.25, 0.3) is 5.56 Å². The molecule has 0 aliphatic rings. The van der Waals surface area contributed by atoms with Crippen LogP contribution in [0.5, 0.6) is 0 Å². The summed E-state index contributed by atoms with van der Waals surface area (Å²) in [6.07, 6.45) is 1.78. The zero-order valence-corrected chi connectivity index (χ0v) is 10.4. The number of hydrogen-bond acceptors (Lipinski definition) is 5. The molecule has 0 aliphatic carbocycles. The van der Waals surface area contributed by atoms with Gasteiger partial charge >= 0.3 is 5.69 Å². The van der Waals surface area contributed by atoms with Gasteiger partial charge in [-0.05, 0) is 6.42 Å². The standard InChI is InChI=1S/C10H19N5O2/c1-4-5-6-15-8(11)7(13-14(2)3)9(16)12-10(15)17/h13H,4-6,11H2,1-3H3,(H,12,16,17). The van der Waals surface area contributed by atoms with Crippen LogP contribution in [0.25, 0.3) is 0 Å². The second kappa shape index (κ2) is 5.53. The third kappa shape index (κ3) is 3.10. The van der Waals surface area contributed by atoms with E-state index in [1.807, 2.05) is 6.92 Å². The van der Waals surface area contributed by atoms with E-state index >= 15 is 0 Å². The fraction of sp³-hybridized carbons (Fsp3) is 0.600. The number of nitrogens with two attached hydrogens (primary N) is 1. The van der Waals surface area contributed by atoms with Crippen molar-refractivity contribution in [1.82, 2.24) is 14.6 Å². The smallest absolute Gasteiger partial charge is 0.330 e. The minimum absolute atomic E-state index is 0.168. The minimum atomic E-state index is -0.506. The van der Waals surface area contributed by atoms with E-state index in [4.69, 9.17) is 5.73 Å². The van der Waals surface area contributed by atoms with Gasteiger partial charge in [0.1, 0.15) is 5.82 Å². The SMILES string of the molecule is CCCCn1c(N)c(NN(C)C)c(=O)[nH]c1=O. The highest BCUT2D eigenvalue weighted by Gasteiger charge is 2.11. The van der Waals surface area contributed by atoms with Crippen LogP contribution in [0.4, 0.5) is 11.5 Å². The number of nitrogens with zero attached hydrogens (tertiary/aromatic N) is 2. The van der Waals surface area contributed by atoms with Crippen molar-refractivity contribution in [3.05, 3.63) is 20.8 Å². The monoisotopic (exact) mass is 241 g/mol. The predicted octanol–water partition coefficient (Wildman–Crippen LogP) is -0.193. The molecule has 0 radical (unpaired) electrons. The normalized spacial score (nSPS) is 10.8. The summed E-state index contributed by atoms with van der Waals surface area (Å²) in [5.74, 6) is 0.168. The molecule has 0 spiro atoms. The molecule has 7 nitrogen and oxygen atoms in total. The Labute approximate surface area is 99.2 Å². The van der Waals surface area contributed by atoms with Crippen molar-refractivity contribution in [2.45, 2.75) is 26.3 Å². The summed E-state index contributed by atoms with van der Waals surface area (Å²) in [6.45, 7) is 2.52. The number of rotatable bonds is 5. The lowest BCUT2D eigenvalue weighted by molar-refractivity contribution is 0.492. The lowest BCUT2D eigenvalue weighted by atomic mass is 10.3. The highest BCUT2D eigenvalue weighted by molar-refractivity contribution is 5.59. The van der Waals surface area contributed by atoms with E-state index < -0.39 is 11.2 Å². The number of aromatic amines is 1. The van der Waals surface area contributed by atoms with Gasteiger partial charge in [-0.15, -0.1) is 0 Å². The largest absolute Gasteiger partial charge is 0.383 e. The van der Waals surface area contributed by atoms with Crippen LogP contribution >= 0.6 is 0 Å². The molecule has 0 bridgehead atoms. The lowest BCUT2D eigenvalue weighted by Gasteiger charge is -2.17. The summed E-state index contributed by atoms with van der Waals surface area (Å²) in [7, 11) is 3.47. The van der Waals surface area contributed by atoms with Gasteiger partial charge in [-0.3, -0.25) is 14.3 Å².